The fraction of sp³-hybridized carbons (Fsp3) is 0.292. The van der Waals surface area contributed by atoms with Crippen molar-refractivity contribution in [2.45, 2.75) is 31.2 Å². The molecule has 0 radical (unpaired) electrons. The molecule has 7 nitrogen and oxygen atoms in total. The summed E-state index contributed by atoms with van der Waals surface area (Å²) in [5.41, 5.74) is -0.0469. The number of hydrogen-bond donors (Lipinski definition) is 2. The van der Waals surface area contributed by atoms with E-state index in [1.807, 2.05) is 0 Å². The Bertz CT molecular complexity index is 1180. The molecule has 0 bridgehead atoms. The summed E-state index contributed by atoms with van der Waals surface area (Å²) in [5.74, 6) is -3.73. The lowest BCUT2D eigenvalue weighted by Crippen LogP contribution is -2.52. The van der Waals surface area contributed by atoms with Crippen LogP contribution in [-0.2, 0) is 4.79 Å². The van der Waals surface area contributed by atoms with Gasteiger partial charge in [0.25, 0.3) is 5.92 Å². The molecule has 1 aromatic carbocycles. The van der Waals surface area contributed by atoms with Crippen LogP contribution in [0.1, 0.15) is 24.8 Å². The molecule has 1 amide bonds. The van der Waals surface area contributed by atoms with E-state index in [2.05, 4.69) is 15.3 Å². The van der Waals surface area contributed by atoms with E-state index in [9.17, 15) is 22.8 Å². The average molecular weight is 472 g/mol. The molecule has 2 atom stereocenters. The van der Waals surface area contributed by atoms with Gasteiger partial charge in [-0.25, -0.2) is 18.2 Å². The monoisotopic (exact) mass is 472 g/mol. The number of ether oxygens (including phenoxy) is 1. The van der Waals surface area contributed by atoms with Crippen molar-refractivity contribution in [3.63, 3.8) is 0 Å². The first-order valence-corrected chi connectivity index (χ1v) is 10.7. The molecule has 1 saturated heterocycles. The van der Waals surface area contributed by atoms with E-state index < -0.39 is 24.3 Å². The molecule has 1 fully saturated rings. The highest BCUT2D eigenvalue weighted by molar-refractivity contribution is 5.93. The lowest BCUT2D eigenvalue weighted by Gasteiger charge is -2.40. The Morgan fingerprint density at radius 1 is 1.18 bits per heavy atom. The summed E-state index contributed by atoms with van der Waals surface area (Å²) in [4.78, 5) is 32.3. The number of benzene rings is 1. The molecule has 1 aliphatic heterocycles. The number of anilines is 1. The second-order valence-electron chi connectivity index (χ2n) is 8.15. The zero-order valence-electron chi connectivity index (χ0n) is 18.3. The summed E-state index contributed by atoms with van der Waals surface area (Å²) >= 11 is 0. The first-order chi connectivity index (χ1) is 16.2. The van der Waals surface area contributed by atoms with E-state index in [-0.39, 0.29) is 36.2 Å². The number of hydrogen-bond acceptors (Lipinski definition) is 5. The molecular formula is C24H23F3N4O3. The second kappa shape index (κ2) is 9.68. The van der Waals surface area contributed by atoms with Gasteiger partial charge in [-0.2, -0.15) is 0 Å². The van der Waals surface area contributed by atoms with Gasteiger partial charge in [-0.1, -0.05) is 6.07 Å². The maximum Gasteiger partial charge on any atom is 0.257 e. The smallest absolute Gasteiger partial charge is 0.257 e. The molecular weight excluding hydrogens is 449 g/mol. The molecule has 0 unspecified atom stereocenters. The van der Waals surface area contributed by atoms with Crippen LogP contribution in [0.15, 0.2) is 65.7 Å². The number of aromatic amines is 1. The molecule has 10 heteroatoms. The maximum atomic E-state index is 14.6. The number of nitrogens with zero attached hydrogens (tertiary/aromatic N) is 2. The van der Waals surface area contributed by atoms with Crippen LogP contribution in [0.4, 0.5) is 19.0 Å². The summed E-state index contributed by atoms with van der Waals surface area (Å²) in [6.45, 7) is 1.67. The number of halogens is 3. The van der Waals surface area contributed by atoms with Crippen LogP contribution in [-0.4, -0.2) is 45.8 Å². The molecule has 0 aliphatic carbocycles. The third-order valence-corrected chi connectivity index (χ3v) is 5.83. The van der Waals surface area contributed by atoms with Crippen molar-refractivity contribution < 1.29 is 22.7 Å². The number of likely N-dealkylation sites (tertiary alicyclic amines) is 1. The molecule has 4 rings (SSSR count). The highest BCUT2D eigenvalue weighted by Crippen LogP contribution is 2.40. The van der Waals surface area contributed by atoms with Crippen LogP contribution < -0.4 is 15.6 Å². The Kier molecular flexibility index (Phi) is 6.69. The van der Waals surface area contributed by atoms with Crippen LogP contribution in [0, 0.1) is 5.82 Å². The van der Waals surface area contributed by atoms with Gasteiger partial charge in [-0.15, -0.1) is 0 Å². The topological polar surface area (TPSA) is 87.3 Å². The van der Waals surface area contributed by atoms with Gasteiger partial charge in [0.15, 0.2) is 0 Å². The Hall–Kier alpha value is -3.66. The fourth-order valence-corrected chi connectivity index (χ4v) is 3.82. The van der Waals surface area contributed by atoms with E-state index in [0.717, 1.165) is 0 Å². The van der Waals surface area contributed by atoms with Gasteiger partial charge >= 0.3 is 0 Å². The number of nitrogens with one attached hydrogen (secondary N) is 2. The van der Waals surface area contributed by atoms with Gasteiger partial charge in [0.1, 0.15) is 23.1 Å². The highest BCUT2D eigenvalue weighted by atomic mass is 19.3. The third kappa shape index (κ3) is 5.45. The van der Waals surface area contributed by atoms with Gasteiger partial charge in [-0.3, -0.25) is 14.5 Å². The number of pyridine rings is 2. The number of alkyl halides is 2. The summed E-state index contributed by atoms with van der Waals surface area (Å²) in [5, 5.41) is 2.69. The summed E-state index contributed by atoms with van der Waals surface area (Å²) in [6, 6.07) is 10.6. The van der Waals surface area contributed by atoms with E-state index in [0.29, 0.717) is 17.1 Å². The van der Waals surface area contributed by atoms with E-state index >= 15 is 0 Å². The molecule has 2 N–H and O–H groups in total. The lowest BCUT2D eigenvalue weighted by molar-refractivity contribution is -0.125. The Morgan fingerprint density at radius 3 is 2.56 bits per heavy atom. The van der Waals surface area contributed by atoms with Crippen molar-refractivity contribution in [2.24, 2.45) is 0 Å². The molecule has 3 aromatic rings. The van der Waals surface area contributed by atoms with E-state index in [4.69, 9.17) is 4.74 Å². The molecule has 34 heavy (non-hydrogen) atoms. The second-order valence-corrected chi connectivity index (χ2v) is 8.15. The van der Waals surface area contributed by atoms with E-state index in [1.165, 1.54) is 48.8 Å². The van der Waals surface area contributed by atoms with Crippen molar-refractivity contribution in [1.29, 1.82) is 0 Å². The van der Waals surface area contributed by atoms with Crippen molar-refractivity contribution >= 4 is 11.7 Å². The summed E-state index contributed by atoms with van der Waals surface area (Å²) in [6.07, 6.45) is 2.31. The van der Waals surface area contributed by atoms with Crippen molar-refractivity contribution in [3.05, 3.63) is 82.7 Å². The van der Waals surface area contributed by atoms with Gasteiger partial charge in [0.2, 0.25) is 11.5 Å². The molecule has 0 saturated carbocycles. The van der Waals surface area contributed by atoms with Crippen molar-refractivity contribution in [2.75, 3.05) is 18.4 Å². The van der Waals surface area contributed by atoms with Crippen LogP contribution in [0.2, 0.25) is 0 Å². The lowest BCUT2D eigenvalue weighted by atomic mass is 9.87. The number of piperidine rings is 1. The third-order valence-electron chi connectivity index (χ3n) is 5.83. The maximum absolute atomic E-state index is 14.6. The Morgan fingerprint density at radius 2 is 1.91 bits per heavy atom. The highest BCUT2D eigenvalue weighted by Gasteiger charge is 2.46. The van der Waals surface area contributed by atoms with E-state index in [1.54, 1.807) is 24.0 Å². The fourth-order valence-electron chi connectivity index (χ4n) is 3.82. The number of carbonyl (C=O) groups is 1. The Labute approximate surface area is 193 Å². The molecule has 0 spiro atoms. The predicted octanol–water partition coefficient (Wildman–Crippen LogP) is 4.15. The summed E-state index contributed by atoms with van der Waals surface area (Å²) < 4.78 is 47.8. The average Bonchev–Trinajstić information content (AvgIpc) is 2.82. The number of carbonyl (C=O) groups excluding carboxylic acids is 1. The first-order valence-electron chi connectivity index (χ1n) is 10.7. The number of H-pyrrole nitrogens is 1. The van der Waals surface area contributed by atoms with Gasteiger partial charge in [-0.05, 0) is 48.9 Å². The normalized spacial score (nSPS) is 18.8. The van der Waals surface area contributed by atoms with Crippen molar-refractivity contribution in [1.82, 2.24) is 14.9 Å². The first kappa shape index (κ1) is 23.5. The number of rotatable bonds is 6. The van der Waals surface area contributed by atoms with Crippen LogP contribution >= 0.6 is 0 Å². The van der Waals surface area contributed by atoms with Crippen LogP contribution in [0.3, 0.4) is 0 Å². The molecule has 3 heterocycles. The number of amides is 1. The minimum atomic E-state index is -2.95. The summed E-state index contributed by atoms with van der Waals surface area (Å²) in [7, 11) is 0. The largest absolute Gasteiger partial charge is 0.456 e. The van der Waals surface area contributed by atoms with Gasteiger partial charge < -0.3 is 15.0 Å². The van der Waals surface area contributed by atoms with Gasteiger partial charge in [0, 0.05) is 31.8 Å². The Balaban J connectivity index is 1.38. The predicted molar refractivity (Wildman–Crippen MR) is 120 cm³/mol. The standard InChI is InChI=1S/C24H23F3N4O3/c1-15(31-11-10-24(26,27)20(14-31)16-2-9-22(32)29-12-16)23(33)30-21-8-7-19(13-28-21)34-18-5-3-17(25)4-6-18/h2-9,12-13,15,20H,10-11,14H2,1H3,(H,29,32)(H,28,30,33)/t15-,20+/m0/s1. The van der Waals surface area contributed by atoms with Gasteiger partial charge in [0.05, 0.1) is 18.2 Å². The zero-order chi connectivity index (χ0) is 24.3. The SMILES string of the molecule is C[C@@H](C(=O)Nc1ccc(Oc2ccc(F)cc2)cn1)N1CCC(F)(F)[C@@H](c2ccc(=O)[nH]c2)C1. The quantitative estimate of drug-likeness (QED) is 0.563. The molecule has 178 valence electrons. The minimum absolute atomic E-state index is 0.0362. The van der Waals surface area contributed by atoms with Crippen molar-refractivity contribution in [3.8, 4) is 11.5 Å². The molecule has 1 aliphatic rings. The number of aromatic nitrogens is 2. The van der Waals surface area contributed by atoms with Crippen LogP contribution in [0.25, 0.3) is 0 Å². The van der Waals surface area contributed by atoms with Crippen LogP contribution in [0.5, 0.6) is 11.5 Å². The zero-order valence-corrected chi connectivity index (χ0v) is 18.3. The molecule has 2 aromatic heterocycles. The minimum Gasteiger partial charge on any atom is -0.456 e.